The molecule has 0 fully saturated rings. The topological polar surface area (TPSA) is 102 Å². The lowest BCUT2D eigenvalue weighted by atomic mass is 10.2. The van der Waals surface area contributed by atoms with Gasteiger partial charge in [-0.05, 0) is 55.5 Å². The summed E-state index contributed by atoms with van der Waals surface area (Å²) in [6.45, 7) is 1.89. The first-order valence-electron chi connectivity index (χ1n) is 9.13. The molecule has 0 aliphatic rings. The summed E-state index contributed by atoms with van der Waals surface area (Å²) in [7, 11) is 3.45. The van der Waals surface area contributed by atoms with Crippen LogP contribution in [-0.4, -0.2) is 33.5 Å². The Labute approximate surface area is 178 Å². The number of nitriles is 1. The SMILES string of the molecule is COc1ccc(OC(C)c2nnc(SCC(=O)Nc3ccc(C#N)cc3)n2C)cc1. The molecule has 154 valence electrons. The number of aromatic nitrogens is 3. The largest absolute Gasteiger partial charge is 0.497 e. The molecule has 1 amide bonds. The number of anilines is 1. The molecular weight excluding hydrogens is 402 g/mol. The quantitative estimate of drug-likeness (QED) is 0.553. The highest BCUT2D eigenvalue weighted by Crippen LogP contribution is 2.25. The number of nitrogens with one attached hydrogen (secondary N) is 1. The van der Waals surface area contributed by atoms with Crippen LogP contribution in [0.5, 0.6) is 11.5 Å². The molecule has 1 unspecified atom stereocenters. The zero-order valence-electron chi connectivity index (χ0n) is 16.8. The Hall–Kier alpha value is -3.51. The molecule has 8 nitrogen and oxygen atoms in total. The molecule has 0 aliphatic carbocycles. The number of hydrogen-bond acceptors (Lipinski definition) is 7. The number of nitrogens with zero attached hydrogens (tertiary/aromatic N) is 4. The van der Waals surface area contributed by atoms with Crippen LogP contribution >= 0.6 is 11.8 Å². The smallest absolute Gasteiger partial charge is 0.234 e. The summed E-state index contributed by atoms with van der Waals surface area (Å²) in [5.74, 6) is 2.12. The predicted octanol–water partition coefficient (Wildman–Crippen LogP) is 3.57. The number of benzene rings is 2. The van der Waals surface area contributed by atoms with Gasteiger partial charge < -0.3 is 19.4 Å². The normalized spacial score (nSPS) is 11.4. The van der Waals surface area contributed by atoms with Gasteiger partial charge in [0.25, 0.3) is 0 Å². The van der Waals surface area contributed by atoms with E-state index in [1.165, 1.54) is 11.8 Å². The lowest BCUT2D eigenvalue weighted by Gasteiger charge is -2.14. The molecule has 2 aromatic carbocycles. The van der Waals surface area contributed by atoms with Crippen molar-refractivity contribution in [1.29, 1.82) is 5.26 Å². The molecule has 0 aliphatic heterocycles. The third-order valence-electron chi connectivity index (χ3n) is 4.23. The van der Waals surface area contributed by atoms with Gasteiger partial charge in [0.15, 0.2) is 17.1 Å². The van der Waals surface area contributed by atoms with Gasteiger partial charge in [0.05, 0.1) is 24.5 Å². The number of carbonyl (C=O) groups excluding carboxylic acids is 1. The van der Waals surface area contributed by atoms with Gasteiger partial charge in [-0.25, -0.2) is 0 Å². The zero-order chi connectivity index (χ0) is 21.5. The molecule has 1 aromatic heterocycles. The van der Waals surface area contributed by atoms with E-state index in [2.05, 4.69) is 15.5 Å². The molecule has 9 heteroatoms. The maximum absolute atomic E-state index is 12.2. The van der Waals surface area contributed by atoms with Crippen LogP contribution in [0.15, 0.2) is 53.7 Å². The molecule has 0 bridgehead atoms. The van der Waals surface area contributed by atoms with Crippen molar-refractivity contribution in [1.82, 2.24) is 14.8 Å². The maximum atomic E-state index is 12.2. The minimum Gasteiger partial charge on any atom is -0.497 e. The van der Waals surface area contributed by atoms with Crippen LogP contribution in [0.25, 0.3) is 0 Å². The second-order valence-electron chi connectivity index (χ2n) is 6.36. The molecule has 30 heavy (non-hydrogen) atoms. The summed E-state index contributed by atoms with van der Waals surface area (Å²) in [6.07, 6.45) is -0.322. The highest BCUT2D eigenvalue weighted by atomic mass is 32.2. The number of hydrogen-bond donors (Lipinski definition) is 1. The number of rotatable bonds is 8. The Morgan fingerprint density at radius 2 is 1.83 bits per heavy atom. The summed E-state index contributed by atoms with van der Waals surface area (Å²) in [5, 5.41) is 20.6. The van der Waals surface area contributed by atoms with Crippen molar-refractivity contribution < 1.29 is 14.3 Å². The molecule has 1 heterocycles. The fourth-order valence-electron chi connectivity index (χ4n) is 2.67. The number of thioether (sulfide) groups is 1. The maximum Gasteiger partial charge on any atom is 0.234 e. The van der Waals surface area contributed by atoms with Crippen LogP contribution in [0, 0.1) is 11.3 Å². The molecule has 0 saturated heterocycles. The van der Waals surface area contributed by atoms with Gasteiger partial charge in [0, 0.05) is 12.7 Å². The van der Waals surface area contributed by atoms with Crippen molar-refractivity contribution in [2.45, 2.75) is 18.2 Å². The van der Waals surface area contributed by atoms with Gasteiger partial charge in [-0.2, -0.15) is 5.26 Å². The molecule has 1 N–H and O–H groups in total. The monoisotopic (exact) mass is 423 g/mol. The molecule has 1 atom stereocenters. The lowest BCUT2D eigenvalue weighted by Crippen LogP contribution is -2.14. The van der Waals surface area contributed by atoms with Crippen LogP contribution in [0.3, 0.4) is 0 Å². The van der Waals surface area contributed by atoms with Gasteiger partial charge in [0.2, 0.25) is 5.91 Å². The first kappa shape index (κ1) is 21.2. The van der Waals surface area contributed by atoms with Gasteiger partial charge in [0.1, 0.15) is 11.5 Å². The number of methoxy groups -OCH3 is 1. The van der Waals surface area contributed by atoms with Crippen molar-refractivity contribution in [3.05, 3.63) is 59.9 Å². The third kappa shape index (κ3) is 5.30. The molecule has 3 rings (SSSR count). The molecule has 0 spiro atoms. The van der Waals surface area contributed by atoms with Gasteiger partial charge in [-0.1, -0.05) is 11.8 Å². The van der Waals surface area contributed by atoms with Gasteiger partial charge in [-0.15, -0.1) is 10.2 Å². The van der Waals surface area contributed by atoms with Gasteiger partial charge in [-0.3, -0.25) is 4.79 Å². The third-order valence-corrected chi connectivity index (χ3v) is 5.25. The summed E-state index contributed by atoms with van der Waals surface area (Å²) >= 11 is 1.28. The first-order chi connectivity index (χ1) is 14.5. The van der Waals surface area contributed by atoms with E-state index < -0.39 is 0 Å². The summed E-state index contributed by atoms with van der Waals surface area (Å²) < 4.78 is 12.9. The second kappa shape index (κ2) is 9.80. The van der Waals surface area contributed by atoms with Crippen molar-refractivity contribution in [2.75, 3.05) is 18.2 Å². The van der Waals surface area contributed by atoms with E-state index in [9.17, 15) is 4.79 Å². The van der Waals surface area contributed by atoms with Crippen molar-refractivity contribution in [3.8, 4) is 17.6 Å². The summed E-state index contributed by atoms with van der Waals surface area (Å²) in [4.78, 5) is 12.2. The molecule has 3 aromatic rings. The van der Waals surface area contributed by atoms with E-state index in [0.29, 0.717) is 28.0 Å². The Morgan fingerprint density at radius 1 is 1.17 bits per heavy atom. The first-order valence-corrected chi connectivity index (χ1v) is 10.1. The number of ether oxygens (including phenoxy) is 2. The van der Waals surface area contributed by atoms with Crippen molar-refractivity contribution >= 4 is 23.4 Å². The van der Waals surface area contributed by atoms with E-state index in [1.807, 2.05) is 48.9 Å². The minimum absolute atomic E-state index is 0.170. The summed E-state index contributed by atoms with van der Waals surface area (Å²) in [6, 6.07) is 16.0. The highest BCUT2D eigenvalue weighted by Gasteiger charge is 2.18. The van der Waals surface area contributed by atoms with E-state index in [4.69, 9.17) is 14.7 Å². The van der Waals surface area contributed by atoms with Crippen molar-refractivity contribution in [3.63, 3.8) is 0 Å². The highest BCUT2D eigenvalue weighted by molar-refractivity contribution is 7.99. The Bertz CT molecular complexity index is 1040. The minimum atomic E-state index is -0.322. The van der Waals surface area contributed by atoms with E-state index in [-0.39, 0.29) is 17.8 Å². The Morgan fingerprint density at radius 3 is 2.47 bits per heavy atom. The van der Waals surface area contributed by atoms with Crippen LogP contribution in [0.1, 0.15) is 24.4 Å². The van der Waals surface area contributed by atoms with Crippen LogP contribution in [0.4, 0.5) is 5.69 Å². The molecular formula is C21H21N5O3S. The number of amides is 1. The molecule has 0 saturated carbocycles. The fraction of sp³-hybridized carbons (Fsp3) is 0.238. The van der Waals surface area contributed by atoms with Crippen LogP contribution in [-0.2, 0) is 11.8 Å². The standard InChI is InChI=1S/C21H21N5O3S/c1-14(29-18-10-8-17(28-3)9-11-18)20-24-25-21(26(20)2)30-13-19(27)23-16-6-4-15(12-22)5-7-16/h4-11,14H,13H2,1-3H3,(H,23,27). The van der Waals surface area contributed by atoms with Crippen LogP contribution in [0.2, 0.25) is 0 Å². The zero-order valence-corrected chi connectivity index (χ0v) is 17.6. The predicted molar refractivity (Wildman–Crippen MR) is 114 cm³/mol. The number of carbonyl (C=O) groups is 1. The lowest BCUT2D eigenvalue weighted by molar-refractivity contribution is -0.113. The Kier molecular flexibility index (Phi) is 6.93. The van der Waals surface area contributed by atoms with Crippen molar-refractivity contribution in [2.24, 2.45) is 7.05 Å². The Balaban J connectivity index is 1.56. The summed E-state index contributed by atoms with van der Waals surface area (Å²) in [5.41, 5.74) is 1.18. The second-order valence-corrected chi connectivity index (χ2v) is 7.30. The van der Waals surface area contributed by atoms with E-state index >= 15 is 0 Å². The average Bonchev–Trinajstić information content (AvgIpc) is 3.14. The fourth-order valence-corrected chi connectivity index (χ4v) is 3.39. The van der Waals surface area contributed by atoms with Crippen LogP contribution < -0.4 is 14.8 Å². The average molecular weight is 423 g/mol. The van der Waals surface area contributed by atoms with E-state index in [1.54, 1.807) is 31.4 Å². The molecule has 0 radical (unpaired) electrons. The van der Waals surface area contributed by atoms with E-state index in [0.717, 1.165) is 5.75 Å². The van der Waals surface area contributed by atoms with Gasteiger partial charge >= 0.3 is 0 Å².